The average Bonchev–Trinajstić information content (AvgIpc) is 2.17. The zero-order valence-electron chi connectivity index (χ0n) is 10.1. The lowest BCUT2D eigenvalue weighted by atomic mass is 10.1. The van der Waals surface area contributed by atoms with Crippen molar-refractivity contribution in [1.82, 2.24) is 5.32 Å². The van der Waals surface area contributed by atoms with Crippen LogP contribution in [0, 0.1) is 0 Å². The maximum Gasteiger partial charge on any atom is 0.0671 e. The van der Waals surface area contributed by atoms with E-state index in [0.29, 0.717) is 6.10 Å². The van der Waals surface area contributed by atoms with Crippen LogP contribution in [0.5, 0.6) is 0 Å². The summed E-state index contributed by atoms with van der Waals surface area (Å²) in [6.45, 7) is 9.36. The first-order valence-electron chi connectivity index (χ1n) is 6.13. The first kappa shape index (κ1) is 13.9. The molecule has 0 aliphatic carbocycles. The topological polar surface area (TPSA) is 21.3 Å². The van der Waals surface area contributed by atoms with Crippen LogP contribution in [-0.2, 0) is 4.74 Å². The van der Waals surface area contributed by atoms with Gasteiger partial charge in [0.05, 0.1) is 6.10 Å². The van der Waals surface area contributed by atoms with E-state index in [1.807, 2.05) is 6.92 Å². The largest absolute Gasteiger partial charge is 0.377 e. The monoisotopic (exact) mass is 201 g/mol. The highest BCUT2D eigenvalue weighted by Crippen LogP contribution is 2.01. The molecule has 0 amide bonds. The molecule has 0 heterocycles. The molecule has 0 aliphatic heterocycles. The molecule has 2 heteroatoms. The number of ether oxygens (including phenoxy) is 1. The molecule has 0 aromatic rings. The summed E-state index contributed by atoms with van der Waals surface area (Å²) in [5.74, 6) is 0. The molecule has 0 aliphatic rings. The zero-order valence-corrected chi connectivity index (χ0v) is 10.1. The molecule has 0 rings (SSSR count). The third kappa shape index (κ3) is 10.0. The first-order valence-corrected chi connectivity index (χ1v) is 6.13. The van der Waals surface area contributed by atoms with Gasteiger partial charge in [-0.1, -0.05) is 32.6 Å². The Bertz CT molecular complexity index is 106. The van der Waals surface area contributed by atoms with Gasteiger partial charge in [0.25, 0.3) is 0 Å². The first-order chi connectivity index (χ1) is 6.81. The molecule has 0 aromatic carbocycles. The van der Waals surface area contributed by atoms with Gasteiger partial charge in [0, 0.05) is 13.2 Å². The summed E-state index contributed by atoms with van der Waals surface area (Å²) in [7, 11) is 0. The zero-order chi connectivity index (χ0) is 10.6. The molecule has 86 valence electrons. The van der Waals surface area contributed by atoms with Crippen molar-refractivity contribution in [2.75, 3.05) is 19.7 Å². The molecule has 2 nitrogen and oxygen atoms in total. The van der Waals surface area contributed by atoms with Gasteiger partial charge in [-0.05, 0) is 26.8 Å². The van der Waals surface area contributed by atoms with Crippen molar-refractivity contribution in [1.29, 1.82) is 0 Å². The minimum atomic E-state index is 0.357. The molecule has 0 saturated heterocycles. The van der Waals surface area contributed by atoms with Crippen LogP contribution < -0.4 is 5.32 Å². The maximum absolute atomic E-state index is 5.42. The van der Waals surface area contributed by atoms with Crippen LogP contribution in [0.1, 0.15) is 52.9 Å². The van der Waals surface area contributed by atoms with Crippen LogP contribution in [0.2, 0.25) is 0 Å². The van der Waals surface area contributed by atoms with Crippen molar-refractivity contribution < 1.29 is 4.74 Å². The minimum Gasteiger partial charge on any atom is -0.377 e. The summed E-state index contributed by atoms with van der Waals surface area (Å²) in [6, 6.07) is 0. The van der Waals surface area contributed by atoms with Crippen molar-refractivity contribution >= 4 is 0 Å². The van der Waals surface area contributed by atoms with Gasteiger partial charge in [0.2, 0.25) is 0 Å². The van der Waals surface area contributed by atoms with Crippen LogP contribution in [0.3, 0.4) is 0 Å². The predicted molar refractivity (Wildman–Crippen MR) is 62.7 cm³/mol. The third-order valence-electron chi connectivity index (χ3n) is 2.34. The number of nitrogens with one attached hydrogen (secondary N) is 1. The van der Waals surface area contributed by atoms with E-state index in [2.05, 4.69) is 19.2 Å². The normalized spacial score (nSPS) is 13.1. The van der Waals surface area contributed by atoms with Gasteiger partial charge in [-0.15, -0.1) is 0 Å². The molecule has 0 bridgehead atoms. The predicted octanol–water partition coefficient (Wildman–Crippen LogP) is 2.97. The lowest BCUT2D eigenvalue weighted by Gasteiger charge is -2.12. The lowest BCUT2D eigenvalue weighted by molar-refractivity contribution is 0.0762. The molecule has 0 radical (unpaired) electrons. The van der Waals surface area contributed by atoms with Crippen LogP contribution in [0.15, 0.2) is 0 Å². The van der Waals surface area contributed by atoms with E-state index in [4.69, 9.17) is 4.74 Å². The minimum absolute atomic E-state index is 0.357. The lowest BCUT2D eigenvalue weighted by Crippen LogP contribution is -2.27. The summed E-state index contributed by atoms with van der Waals surface area (Å²) in [4.78, 5) is 0. The quantitative estimate of drug-likeness (QED) is 0.549. The Labute approximate surface area is 89.4 Å². The Hall–Kier alpha value is -0.0800. The van der Waals surface area contributed by atoms with Gasteiger partial charge in [-0.2, -0.15) is 0 Å². The van der Waals surface area contributed by atoms with E-state index >= 15 is 0 Å². The van der Waals surface area contributed by atoms with Gasteiger partial charge in [0.1, 0.15) is 0 Å². The molecule has 0 aromatic heterocycles. The van der Waals surface area contributed by atoms with E-state index in [1.165, 1.54) is 32.1 Å². The Morgan fingerprint density at radius 2 is 1.79 bits per heavy atom. The molecule has 1 unspecified atom stereocenters. The van der Waals surface area contributed by atoms with Gasteiger partial charge < -0.3 is 10.1 Å². The van der Waals surface area contributed by atoms with E-state index in [0.717, 1.165) is 19.7 Å². The fraction of sp³-hybridized carbons (Fsp3) is 1.00. The molecular weight excluding hydrogens is 174 g/mol. The van der Waals surface area contributed by atoms with Crippen molar-refractivity contribution in [2.24, 2.45) is 0 Å². The van der Waals surface area contributed by atoms with E-state index in [9.17, 15) is 0 Å². The standard InChI is InChI=1S/C12H27NO/c1-4-6-7-8-9-10-13-11-12(3)14-5-2/h12-13H,4-11H2,1-3H3. The van der Waals surface area contributed by atoms with Gasteiger partial charge in [-0.25, -0.2) is 0 Å². The maximum atomic E-state index is 5.42. The summed E-state index contributed by atoms with van der Waals surface area (Å²) in [6.07, 6.45) is 7.13. The summed E-state index contributed by atoms with van der Waals surface area (Å²) in [5, 5.41) is 3.42. The van der Waals surface area contributed by atoms with Crippen molar-refractivity contribution in [3.8, 4) is 0 Å². The Morgan fingerprint density at radius 3 is 2.43 bits per heavy atom. The Morgan fingerprint density at radius 1 is 1.07 bits per heavy atom. The number of hydrogen-bond donors (Lipinski definition) is 1. The molecule has 0 fully saturated rings. The second-order valence-electron chi connectivity index (χ2n) is 3.88. The molecule has 1 atom stereocenters. The van der Waals surface area contributed by atoms with Crippen LogP contribution in [0.25, 0.3) is 0 Å². The molecule has 0 spiro atoms. The van der Waals surface area contributed by atoms with Gasteiger partial charge in [0.15, 0.2) is 0 Å². The average molecular weight is 201 g/mol. The Balaban J connectivity index is 2.98. The van der Waals surface area contributed by atoms with Gasteiger partial charge >= 0.3 is 0 Å². The Kier molecular flexibility index (Phi) is 10.9. The fourth-order valence-corrected chi connectivity index (χ4v) is 1.50. The molecule has 1 N–H and O–H groups in total. The second-order valence-corrected chi connectivity index (χ2v) is 3.88. The molecule has 0 saturated carbocycles. The van der Waals surface area contributed by atoms with Crippen molar-refractivity contribution in [2.45, 2.75) is 59.0 Å². The summed E-state index contributed by atoms with van der Waals surface area (Å²) in [5.41, 5.74) is 0. The fourth-order valence-electron chi connectivity index (χ4n) is 1.50. The highest BCUT2D eigenvalue weighted by molar-refractivity contribution is 4.55. The number of hydrogen-bond acceptors (Lipinski definition) is 2. The van der Waals surface area contributed by atoms with Crippen molar-refractivity contribution in [3.05, 3.63) is 0 Å². The number of unbranched alkanes of at least 4 members (excludes halogenated alkanes) is 4. The second kappa shape index (κ2) is 11.0. The van der Waals surface area contributed by atoms with Gasteiger partial charge in [-0.3, -0.25) is 0 Å². The van der Waals surface area contributed by atoms with Crippen molar-refractivity contribution in [3.63, 3.8) is 0 Å². The van der Waals surface area contributed by atoms with Crippen LogP contribution in [-0.4, -0.2) is 25.8 Å². The van der Waals surface area contributed by atoms with Crippen LogP contribution >= 0.6 is 0 Å². The summed E-state index contributed by atoms with van der Waals surface area (Å²) < 4.78 is 5.42. The molecule has 14 heavy (non-hydrogen) atoms. The smallest absolute Gasteiger partial charge is 0.0671 e. The van der Waals surface area contributed by atoms with Crippen LogP contribution in [0.4, 0.5) is 0 Å². The van der Waals surface area contributed by atoms with E-state index < -0.39 is 0 Å². The van der Waals surface area contributed by atoms with E-state index in [-0.39, 0.29) is 0 Å². The SMILES string of the molecule is CCCCCCCNCC(C)OCC. The number of rotatable bonds is 10. The highest BCUT2D eigenvalue weighted by Gasteiger charge is 1.98. The highest BCUT2D eigenvalue weighted by atomic mass is 16.5. The third-order valence-corrected chi connectivity index (χ3v) is 2.34. The summed E-state index contributed by atoms with van der Waals surface area (Å²) >= 11 is 0. The molecular formula is C12H27NO. The van der Waals surface area contributed by atoms with E-state index in [1.54, 1.807) is 0 Å².